The lowest BCUT2D eigenvalue weighted by Crippen LogP contribution is -2.34. The zero-order chi connectivity index (χ0) is 21.8. The monoisotopic (exact) mass is 450 g/mol. The topological polar surface area (TPSA) is 40.6 Å². The quantitative estimate of drug-likeness (QED) is 0.454. The standard InChI is InChI=1S/C25H20Cl2N2O2/c26-21-13-11-20(12-14-21)17-29-24(30)22(27)23(25(29)31)28(15-18-7-3-1-4-8-18)16-19-9-5-2-6-10-19/h1-14H,15-17H2. The van der Waals surface area contributed by atoms with Gasteiger partial charge in [-0.2, -0.15) is 0 Å². The van der Waals surface area contributed by atoms with E-state index in [2.05, 4.69) is 0 Å². The maximum Gasteiger partial charge on any atom is 0.279 e. The van der Waals surface area contributed by atoms with Gasteiger partial charge >= 0.3 is 0 Å². The van der Waals surface area contributed by atoms with Crippen LogP contribution in [0.4, 0.5) is 0 Å². The van der Waals surface area contributed by atoms with Gasteiger partial charge in [-0.15, -0.1) is 0 Å². The summed E-state index contributed by atoms with van der Waals surface area (Å²) in [6.45, 7) is 1.04. The summed E-state index contributed by atoms with van der Waals surface area (Å²) in [5.74, 6) is -0.875. The van der Waals surface area contributed by atoms with Crippen LogP contribution in [-0.2, 0) is 29.2 Å². The Hall–Kier alpha value is -3.08. The first-order chi connectivity index (χ1) is 15.0. The average molecular weight is 451 g/mol. The highest BCUT2D eigenvalue weighted by molar-refractivity contribution is 6.47. The Balaban J connectivity index is 1.63. The van der Waals surface area contributed by atoms with E-state index in [-0.39, 0.29) is 17.3 Å². The van der Waals surface area contributed by atoms with Crippen LogP contribution in [0.5, 0.6) is 0 Å². The molecular weight excluding hydrogens is 431 g/mol. The Morgan fingerprint density at radius 1 is 0.645 bits per heavy atom. The summed E-state index contributed by atoms with van der Waals surface area (Å²) in [6.07, 6.45) is 0. The third kappa shape index (κ3) is 4.82. The van der Waals surface area contributed by atoms with Gasteiger partial charge in [0.15, 0.2) is 0 Å². The van der Waals surface area contributed by atoms with Crippen LogP contribution in [0.25, 0.3) is 0 Å². The molecule has 2 amide bonds. The van der Waals surface area contributed by atoms with E-state index in [0.717, 1.165) is 16.7 Å². The van der Waals surface area contributed by atoms with Crippen molar-refractivity contribution in [1.82, 2.24) is 9.80 Å². The molecule has 0 unspecified atom stereocenters. The van der Waals surface area contributed by atoms with Crippen molar-refractivity contribution >= 4 is 35.0 Å². The number of hydrogen-bond donors (Lipinski definition) is 0. The second-order valence-electron chi connectivity index (χ2n) is 7.31. The van der Waals surface area contributed by atoms with Crippen LogP contribution in [0, 0.1) is 0 Å². The molecule has 6 heteroatoms. The minimum Gasteiger partial charge on any atom is -0.357 e. The molecule has 0 saturated heterocycles. The van der Waals surface area contributed by atoms with Crippen molar-refractivity contribution in [3.63, 3.8) is 0 Å². The molecule has 4 rings (SSSR count). The Bertz CT molecular complexity index is 1070. The second-order valence-corrected chi connectivity index (χ2v) is 8.13. The van der Waals surface area contributed by atoms with Gasteiger partial charge in [-0.25, -0.2) is 0 Å². The summed E-state index contributed by atoms with van der Waals surface area (Å²) in [6, 6.07) is 26.6. The normalized spacial score (nSPS) is 13.8. The smallest absolute Gasteiger partial charge is 0.279 e. The van der Waals surface area contributed by atoms with Crippen molar-refractivity contribution in [2.45, 2.75) is 19.6 Å². The maximum atomic E-state index is 13.3. The number of carbonyl (C=O) groups is 2. The lowest BCUT2D eigenvalue weighted by molar-refractivity contribution is -0.138. The van der Waals surface area contributed by atoms with Crippen molar-refractivity contribution in [2.75, 3.05) is 0 Å². The summed E-state index contributed by atoms with van der Waals surface area (Å²) in [5, 5.41) is 0.544. The van der Waals surface area contributed by atoms with Gasteiger partial charge in [-0.05, 0) is 28.8 Å². The highest BCUT2D eigenvalue weighted by Gasteiger charge is 2.40. The molecule has 0 fully saturated rings. The number of halogens is 2. The molecule has 0 spiro atoms. The lowest BCUT2D eigenvalue weighted by atomic mass is 10.1. The first kappa shape index (κ1) is 21.2. The number of imide groups is 1. The van der Waals surface area contributed by atoms with Crippen LogP contribution < -0.4 is 0 Å². The number of hydrogen-bond acceptors (Lipinski definition) is 3. The van der Waals surface area contributed by atoms with E-state index in [0.29, 0.717) is 18.1 Å². The second kappa shape index (κ2) is 9.38. The van der Waals surface area contributed by atoms with Gasteiger partial charge in [0, 0.05) is 18.1 Å². The van der Waals surface area contributed by atoms with Gasteiger partial charge in [0.05, 0.1) is 6.54 Å². The van der Waals surface area contributed by atoms with E-state index in [4.69, 9.17) is 23.2 Å². The van der Waals surface area contributed by atoms with Crippen LogP contribution in [0.1, 0.15) is 16.7 Å². The largest absolute Gasteiger partial charge is 0.357 e. The summed E-state index contributed by atoms with van der Waals surface area (Å²) in [4.78, 5) is 29.2. The third-order valence-electron chi connectivity index (χ3n) is 5.09. The first-order valence-corrected chi connectivity index (χ1v) is 10.6. The highest BCUT2D eigenvalue weighted by atomic mass is 35.5. The van der Waals surface area contributed by atoms with E-state index in [1.807, 2.05) is 65.6 Å². The molecule has 1 heterocycles. The maximum absolute atomic E-state index is 13.3. The predicted molar refractivity (Wildman–Crippen MR) is 122 cm³/mol. The summed E-state index contributed by atoms with van der Waals surface area (Å²) in [7, 11) is 0. The molecule has 1 aliphatic heterocycles. The molecule has 31 heavy (non-hydrogen) atoms. The summed E-state index contributed by atoms with van der Waals surface area (Å²) in [5.41, 5.74) is 3.07. The van der Waals surface area contributed by atoms with Crippen LogP contribution in [0.15, 0.2) is 95.7 Å². The highest BCUT2D eigenvalue weighted by Crippen LogP contribution is 2.30. The number of carbonyl (C=O) groups excluding carboxylic acids is 2. The van der Waals surface area contributed by atoms with Crippen LogP contribution in [-0.4, -0.2) is 21.6 Å². The third-order valence-corrected chi connectivity index (χ3v) is 5.68. The molecule has 0 bridgehead atoms. The fourth-order valence-corrected chi connectivity index (χ4v) is 3.97. The van der Waals surface area contributed by atoms with Gasteiger partial charge < -0.3 is 4.90 Å². The lowest BCUT2D eigenvalue weighted by Gasteiger charge is -2.26. The van der Waals surface area contributed by atoms with Crippen molar-refractivity contribution < 1.29 is 9.59 Å². The van der Waals surface area contributed by atoms with Crippen molar-refractivity contribution in [1.29, 1.82) is 0 Å². The molecule has 0 N–H and O–H groups in total. The Morgan fingerprint density at radius 3 is 1.68 bits per heavy atom. The fraction of sp³-hybridized carbons (Fsp3) is 0.120. The van der Waals surface area contributed by atoms with Crippen LogP contribution in [0.2, 0.25) is 5.02 Å². The molecule has 0 aliphatic carbocycles. The summed E-state index contributed by atoms with van der Waals surface area (Å²) < 4.78 is 0. The van der Waals surface area contributed by atoms with Crippen LogP contribution in [0.3, 0.4) is 0 Å². The molecule has 3 aromatic carbocycles. The van der Waals surface area contributed by atoms with E-state index >= 15 is 0 Å². The van der Waals surface area contributed by atoms with E-state index < -0.39 is 11.8 Å². The molecule has 0 atom stereocenters. The number of rotatable bonds is 7. The molecule has 0 aromatic heterocycles. The predicted octanol–water partition coefficient (Wildman–Crippen LogP) is 5.36. The Labute approximate surface area is 191 Å². The molecule has 0 radical (unpaired) electrons. The number of amides is 2. The summed E-state index contributed by atoms with van der Waals surface area (Å²) >= 11 is 12.4. The van der Waals surface area contributed by atoms with Crippen molar-refractivity contribution in [2.24, 2.45) is 0 Å². The fourth-order valence-electron chi connectivity index (χ4n) is 3.55. The Morgan fingerprint density at radius 2 is 1.16 bits per heavy atom. The van der Waals surface area contributed by atoms with Gasteiger partial charge in [0.1, 0.15) is 10.7 Å². The van der Waals surface area contributed by atoms with Crippen LogP contribution >= 0.6 is 23.2 Å². The van der Waals surface area contributed by atoms with Gasteiger partial charge in [0.25, 0.3) is 11.8 Å². The molecule has 3 aromatic rings. The molecular formula is C25H20Cl2N2O2. The number of nitrogens with zero attached hydrogens (tertiary/aromatic N) is 2. The minimum atomic E-state index is -0.484. The molecule has 0 saturated carbocycles. The van der Waals surface area contributed by atoms with Gasteiger partial charge in [0.2, 0.25) is 0 Å². The molecule has 156 valence electrons. The Kier molecular flexibility index (Phi) is 6.40. The zero-order valence-electron chi connectivity index (χ0n) is 16.7. The SMILES string of the molecule is O=C1C(Cl)=C(N(Cc2ccccc2)Cc2ccccc2)C(=O)N1Cc1ccc(Cl)cc1. The molecule has 4 nitrogen and oxygen atoms in total. The first-order valence-electron chi connectivity index (χ1n) is 9.86. The molecule has 1 aliphatic rings. The van der Waals surface area contributed by atoms with Gasteiger partial charge in [-0.1, -0.05) is 96.0 Å². The zero-order valence-corrected chi connectivity index (χ0v) is 18.2. The van der Waals surface area contributed by atoms with E-state index in [1.54, 1.807) is 24.3 Å². The van der Waals surface area contributed by atoms with Crippen molar-refractivity contribution in [3.8, 4) is 0 Å². The number of benzene rings is 3. The van der Waals surface area contributed by atoms with E-state index in [1.165, 1.54) is 4.90 Å². The van der Waals surface area contributed by atoms with Crippen molar-refractivity contribution in [3.05, 3.63) is 117 Å². The van der Waals surface area contributed by atoms with E-state index in [9.17, 15) is 9.59 Å². The average Bonchev–Trinajstić information content (AvgIpc) is 2.99. The van der Waals surface area contributed by atoms with Gasteiger partial charge in [-0.3, -0.25) is 14.5 Å². The minimum absolute atomic E-state index is 0.0502.